The standard InChI is InChI=1S/C14H26N2O3/c1-3-4-11(2)15-13(17)10-16-8-7-12(9-16)5-6-14(18)19/h11-12H,3-10H2,1-2H3,(H,15,17)(H,18,19). The Labute approximate surface area is 115 Å². The molecule has 1 amide bonds. The Morgan fingerprint density at radius 2 is 2.21 bits per heavy atom. The van der Waals surface area contributed by atoms with Crippen molar-refractivity contribution in [2.24, 2.45) is 5.92 Å². The van der Waals surface area contributed by atoms with Crippen LogP contribution >= 0.6 is 0 Å². The number of nitrogens with one attached hydrogen (secondary N) is 1. The van der Waals surface area contributed by atoms with E-state index in [1.54, 1.807) is 0 Å². The highest BCUT2D eigenvalue weighted by atomic mass is 16.4. The van der Waals surface area contributed by atoms with Crippen molar-refractivity contribution in [2.45, 2.75) is 52.0 Å². The number of hydrogen-bond donors (Lipinski definition) is 2. The molecule has 1 fully saturated rings. The van der Waals surface area contributed by atoms with Crippen LogP contribution in [0.15, 0.2) is 0 Å². The number of rotatable bonds is 8. The van der Waals surface area contributed by atoms with Gasteiger partial charge in [0.15, 0.2) is 0 Å². The van der Waals surface area contributed by atoms with Crippen molar-refractivity contribution in [1.29, 1.82) is 0 Å². The molecule has 0 saturated carbocycles. The predicted octanol–water partition coefficient (Wildman–Crippen LogP) is 1.48. The third-order valence-electron chi connectivity index (χ3n) is 3.63. The number of carbonyl (C=O) groups is 2. The van der Waals surface area contributed by atoms with E-state index < -0.39 is 5.97 Å². The number of carboxylic acids is 1. The van der Waals surface area contributed by atoms with Crippen LogP contribution in [0.4, 0.5) is 0 Å². The number of carbonyl (C=O) groups excluding carboxylic acids is 1. The summed E-state index contributed by atoms with van der Waals surface area (Å²) in [5.41, 5.74) is 0. The van der Waals surface area contributed by atoms with Crippen molar-refractivity contribution in [3.05, 3.63) is 0 Å². The third kappa shape index (κ3) is 6.57. The summed E-state index contributed by atoms with van der Waals surface area (Å²) in [7, 11) is 0. The summed E-state index contributed by atoms with van der Waals surface area (Å²) < 4.78 is 0. The fraction of sp³-hybridized carbons (Fsp3) is 0.857. The van der Waals surface area contributed by atoms with Crippen molar-refractivity contribution in [3.8, 4) is 0 Å². The molecule has 0 aromatic carbocycles. The largest absolute Gasteiger partial charge is 0.481 e. The summed E-state index contributed by atoms with van der Waals surface area (Å²) in [4.78, 5) is 24.5. The number of nitrogens with zero attached hydrogens (tertiary/aromatic N) is 1. The van der Waals surface area contributed by atoms with Crippen LogP contribution in [0.1, 0.15) is 46.0 Å². The topological polar surface area (TPSA) is 69.6 Å². The van der Waals surface area contributed by atoms with Crippen LogP contribution in [0.25, 0.3) is 0 Å². The fourth-order valence-electron chi connectivity index (χ4n) is 2.65. The van der Waals surface area contributed by atoms with Gasteiger partial charge < -0.3 is 10.4 Å². The van der Waals surface area contributed by atoms with Crippen LogP contribution in [-0.4, -0.2) is 47.6 Å². The van der Waals surface area contributed by atoms with Gasteiger partial charge in [0.2, 0.25) is 5.91 Å². The van der Waals surface area contributed by atoms with Gasteiger partial charge in [0.1, 0.15) is 0 Å². The molecule has 1 rings (SSSR count). The molecular weight excluding hydrogens is 244 g/mol. The molecule has 2 N–H and O–H groups in total. The Morgan fingerprint density at radius 1 is 1.47 bits per heavy atom. The molecular formula is C14H26N2O3. The lowest BCUT2D eigenvalue weighted by Crippen LogP contribution is -2.40. The summed E-state index contributed by atoms with van der Waals surface area (Å²) in [6.45, 7) is 6.33. The van der Waals surface area contributed by atoms with Gasteiger partial charge in [-0.15, -0.1) is 0 Å². The first-order valence-corrected chi connectivity index (χ1v) is 7.24. The Kier molecular flexibility index (Phi) is 6.84. The van der Waals surface area contributed by atoms with E-state index >= 15 is 0 Å². The van der Waals surface area contributed by atoms with Crippen LogP contribution in [-0.2, 0) is 9.59 Å². The molecule has 1 heterocycles. The first-order chi connectivity index (χ1) is 9.01. The van der Waals surface area contributed by atoms with Gasteiger partial charge in [0.05, 0.1) is 6.54 Å². The normalized spacial score (nSPS) is 21.3. The molecule has 5 heteroatoms. The van der Waals surface area contributed by atoms with E-state index in [2.05, 4.69) is 17.1 Å². The van der Waals surface area contributed by atoms with Gasteiger partial charge in [-0.3, -0.25) is 14.5 Å². The Morgan fingerprint density at radius 3 is 2.84 bits per heavy atom. The predicted molar refractivity (Wildman–Crippen MR) is 73.9 cm³/mol. The highest BCUT2D eigenvalue weighted by Crippen LogP contribution is 2.20. The molecule has 0 bridgehead atoms. The van der Waals surface area contributed by atoms with Gasteiger partial charge in [-0.1, -0.05) is 13.3 Å². The van der Waals surface area contributed by atoms with Crippen LogP contribution in [0, 0.1) is 5.92 Å². The Balaban J connectivity index is 2.20. The fourth-order valence-corrected chi connectivity index (χ4v) is 2.65. The van der Waals surface area contributed by atoms with E-state index in [9.17, 15) is 9.59 Å². The van der Waals surface area contributed by atoms with E-state index in [1.807, 2.05) is 6.92 Å². The number of aliphatic carboxylic acids is 1. The molecule has 1 aliphatic rings. The van der Waals surface area contributed by atoms with E-state index in [-0.39, 0.29) is 18.4 Å². The molecule has 2 atom stereocenters. The van der Waals surface area contributed by atoms with Gasteiger partial charge in [0, 0.05) is 19.0 Å². The zero-order valence-corrected chi connectivity index (χ0v) is 12.0. The number of carboxylic acid groups (broad SMARTS) is 1. The van der Waals surface area contributed by atoms with Crippen molar-refractivity contribution >= 4 is 11.9 Å². The molecule has 5 nitrogen and oxygen atoms in total. The molecule has 110 valence electrons. The van der Waals surface area contributed by atoms with E-state index in [4.69, 9.17) is 5.11 Å². The summed E-state index contributed by atoms with van der Waals surface area (Å²) >= 11 is 0. The summed E-state index contributed by atoms with van der Waals surface area (Å²) in [6.07, 6.45) is 4.04. The molecule has 0 aromatic heterocycles. The second-order valence-electron chi connectivity index (χ2n) is 5.58. The first-order valence-electron chi connectivity index (χ1n) is 7.24. The van der Waals surface area contributed by atoms with Gasteiger partial charge in [0.25, 0.3) is 0 Å². The highest BCUT2D eigenvalue weighted by molar-refractivity contribution is 5.78. The van der Waals surface area contributed by atoms with Crippen molar-refractivity contribution < 1.29 is 14.7 Å². The van der Waals surface area contributed by atoms with Gasteiger partial charge in [-0.2, -0.15) is 0 Å². The number of likely N-dealkylation sites (tertiary alicyclic amines) is 1. The van der Waals surface area contributed by atoms with E-state index in [0.29, 0.717) is 12.5 Å². The summed E-state index contributed by atoms with van der Waals surface area (Å²) in [5, 5.41) is 11.7. The maximum Gasteiger partial charge on any atom is 0.303 e. The SMILES string of the molecule is CCCC(C)NC(=O)CN1CCC(CCC(=O)O)C1. The maximum atomic E-state index is 11.8. The molecule has 0 radical (unpaired) electrons. The lowest BCUT2D eigenvalue weighted by Gasteiger charge is -2.18. The van der Waals surface area contributed by atoms with Crippen LogP contribution in [0.3, 0.4) is 0 Å². The average Bonchev–Trinajstić information content (AvgIpc) is 2.74. The summed E-state index contributed by atoms with van der Waals surface area (Å²) in [6, 6.07) is 0.239. The molecule has 2 unspecified atom stereocenters. The van der Waals surface area contributed by atoms with Crippen LogP contribution in [0.5, 0.6) is 0 Å². The van der Waals surface area contributed by atoms with Gasteiger partial charge in [-0.05, 0) is 38.6 Å². The van der Waals surface area contributed by atoms with Crippen molar-refractivity contribution in [1.82, 2.24) is 10.2 Å². The minimum absolute atomic E-state index is 0.0832. The zero-order chi connectivity index (χ0) is 14.3. The second-order valence-corrected chi connectivity index (χ2v) is 5.58. The lowest BCUT2D eigenvalue weighted by molar-refractivity contribution is -0.137. The number of amides is 1. The van der Waals surface area contributed by atoms with Gasteiger partial charge >= 0.3 is 5.97 Å². The molecule has 0 aliphatic carbocycles. The molecule has 0 spiro atoms. The van der Waals surface area contributed by atoms with Crippen LogP contribution < -0.4 is 5.32 Å². The monoisotopic (exact) mass is 270 g/mol. The van der Waals surface area contributed by atoms with E-state index in [0.717, 1.165) is 38.8 Å². The van der Waals surface area contributed by atoms with Crippen molar-refractivity contribution in [2.75, 3.05) is 19.6 Å². The summed E-state index contributed by atoms with van der Waals surface area (Å²) in [5.74, 6) is -0.221. The zero-order valence-electron chi connectivity index (χ0n) is 12.0. The molecule has 19 heavy (non-hydrogen) atoms. The smallest absolute Gasteiger partial charge is 0.303 e. The van der Waals surface area contributed by atoms with Crippen molar-refractivity contribution in [3.63, 3.8) is 0 Å². The molecule has 1 aliphatic heterocycles. The molecule has 0 aromatic rings. The lowest BCUT2D eigenvalue weighted by atomic mass is 10.0. The average molecular weight is 270 g/mol. The quantitative estimate of drug-likeness (QED) is 0.701. The van der Waals surface area contributed by atoms with E-state index in [1.165, 1.54) is 0 Å². The third-order valence-corrected chi connectivity index (χ3v) is 3.63. The minimum Gasteiger partial charge on any atom is -0.481 e. The molecule has 1 saturated heterocycles. The second kappa shape index (κ2) is 8.15. The first kappa shape index (κ1) is 16.0. The Bertz CT molecular complexity index is 307. The maximum absolute atomic E-state index is 11.8. The Hall–Kier alpha value is -1.10. The van der Waals surface area contributed by atoms with Crippen LogP contribution in [0.2, 0.25) is 0 Å². The number of hydrogen-bond acceptors (Lipinski definition) is 3. The minimum atomic E-state index is -0.732. The highest BCUT2D eigenvalue weighted by Gasteiger charge is 2.24. The van der Waals surface area contributed by atoms with Gasteiger partial charge in [-0.25, -0.2) is 0 Å².